The summed E-state index contributed by atoms with van der Waals surface area (Å²) in [5.74, 6) is 0.779. The second-order valence-electron chi connectivity index (χ2n) is 4.69. The first-order chi connectivity index (χ1) is 9.93. The molecule has 21 heavy (non-hydrogen) atoms. The third kappa shape index (κ3) is 3.88. The Balaban J connectivity index is 2.20. The van der Waals surface area contributed by atoms with E-state index in [4.69, 9.17) is 10.5 Å². The van der Waals surface area contributed by atoms with Crippen molar-refractivity contribution in [2.45, 2.75) is 20.0 Å². The van der Waals surface area contributed by atoms with Crippen molar-refractivity contribution >= 4 is 47.8 Å². The number of aryl methyl sites for hydroxylation is 2. The van der Waals surface area contributed by atoms with Gasteiger partial charge in [-0.05, 0) is 85.4 Å². The van der Waals surface area contributed by atoms with Crippen molar-refractivity contribution in [1.29, 1.82) is 0 Å². The molecule has 7 heteroatoms. The molecule has 0 unspecified atom stereocenters. The highest BCUT2D eigenvalue weighted by molar-refractivity contribution is 9.11. The van der Waals surface area contributed by atoms with Crippen molar-refractivity contribution in [2.75, 3.05) is 6.54 Å². The maximum atomic E-state index is 5.95. The third-order valence-electron chi connectivity index (χ3n) is 3.11. The number of hydrogen-bond acceptors (Lipinski definition) is 3. The first-order valence-electron chi connectivity index (χ1n) is 6.42. The smallest absolute Gasteiger partial charge is 0.148 e. The van der Waals surface area contributed by atoms with Crippen LogP contribution in [0.1, 0.15) is 17.0 Å². The lowest BCUT2D eigenvalue weighted by Gasteiger charge is -2.12. The van der Waals surface area contributed by atoms with Crippen LogP contribution in [0.25, 0.3) is 0 Å². The largest absolute Gasteiger partial charge is 0.485 e. The molecule has 0 amide bonds. The van der Waals surface area contributed by atoms with Crippen molar-refractivity contribution in [1.82, 2.24) is 9.78 Å². The Labute approximate surface area is 149 Å². The zero-order valence-corrected chi connectivity index (χ0v) is 16.5. The van der Waals surface area contributed by atoms with Gasteiger partial charge in [-0.2, -0.15) is 5.10 Å². The van der Waals surface area contributed by atoms with E-state index in [0.717, 1.165) is 37.0 Å². The number of nitrogens with zero attached hydrogens (tertiary/aromatic N) is 2. The highest BCUT2D eigenvalue weighted by atomic mass is 79.9. The molecular formula is C14H16Br3N3O. The van der Waals surface area contributed by atoms with Crippen LogP contribution in [0, 0.1) is 6.92 Å². The number of benzene rings is 1. The van der Waals surface area contributed by atoms with Crippen LogP contribution >= 0.6 is 47.8 Å². The van der Waals surface area contributed by atoms with E-state index < -0.39 is 0 Å². The van der Waals surface area contributed by atoms with Crippen LogP contribution in [0.15, 0.2) is 25.6 Å². The second kappa shape index (κ2) is 7.26. The molecule has 1 aromatic carbocycles. The Kier molecular flexibility index (Phi) is 5.88. The predicted molar refractivity (Wildman–Crippen MR) is 94.6 cm³/mol. The minimum atomic E-state index is 0.436. The molecule has 0 aliphatic heterocycles. The van der Waals surface area contributed by atoms with Gasteiger partial charge in [0.05, 0.1) is 24.8 Å². The second-order valence-corrected chi connectivity index (χ2v) is 7.19. The molecule has 0 spiro atoms. The molecule has 0 bridgehead atoms. The van der Waals surface area contributed by atoms with Gasteiger partial charge in [0.15, 0.2) is 0 Å². The van der Waals surface area contributed by atoms with Crippen LogP contribution in [0.5, 0.6) is 5.75 Å². The van der Waals surface area contributed by atoms with Crippen LogP contribution in [0.3, 0.4) is 0 Å². The minimum absolute atomic E-state index is 0.436. The zero-order chi connectivity index (χ0) is 15.6. The van der Waals surface area contributed by atoms with Crippen LogP contribution in [0.2, 0.25) is 0 Å². The van der Waals surface area contributed by atoms with Gasteiger partial charge < -0.3 is 10.5 Å². The number of aromatic nitrogens is 2. The van der Waals surface area contributed by atoms with E-state index in [2.05, 4.69) is 52.9 Å². The van der Waals surface area contributed by atoms with E-state index in [1.54, 1.807) is 0 Å². The lowest BCUT2D eigenvalue weighted by Crippen LogP contribution is -2.05. The molecular weight excluding hydrogens is 466 g/mol. The van der Waals surface area contributed by atoms with Crippen LogP contribution in [-0.4, -0.2) is 16.3 Å². The third-order valence-corrected chi connectivity index (χ3v) is 5.32. The lowest BCUT2D eigenvalue weighted by atomic mass is 10.1. The van der Waals surface area contributed by atoms with Crippen molar-refractivity contribution in [3.8, 4) is 5.75 Å². The average Bonchev–Trinajstić information content (AvgIpc) is 2.64. The predicted octanol–water partition coefficient (Wildman–Crippen LogP) is 4.10. The Morgan fingerprint density at radius 1 is 1.24 bits per heavy atom. The van der Waals surface area contributed by atoms with E-state index in [1.165, 1.54) is 5.56 Å². The summed E-state index contributed by atoms with van der Waals surface area (Å²) in [7, 11) is 1.91. The molecule has 0 saturated carbocycles. The minimum Gasteiger partial charge on any atom is -0.485 e. The van der Waals surface area contributed by atoms with Crippen LogP contribution in [-0.2, 0) is 20.1 Å². The summed E-state index contributed by atoms with van der Waals surface area (Å²) in [5, 5.41) is 4.36. The maximum Gasteiger partial charge on any atom is 0.148 e. The van der Waals surface area contributed by atoms with Gasteiger partial charge in [-0.3, -0.25) is 4.68 Å². The molecule has 4 nitrogen and oxygen atoms in total. The molecule has 0 radical (unpaired) electrons. The van der Waals surface area contributed by atoms with Crippen LogP contribution < -0.4 is 10.5 Å². The normalized spacial score (nSPS) is 11.0. The van der Waals surface area contributed by atoms with Gasteiger partial charge in [0, 0.05) is 7.05 Å². The van der Waals surface area contributed by atoms with E-state index in [0.29, 0.717) is 13.2 Å². The molecule has 0 aliphatic rings. The van der Waals surface area contributed by atoms with Crippen molar-refractivity contribution < 1.29 is 4.74 Å². The summed E-state index contributed by atoms with van der Waals surface area (Å²) in [6.07, 6.45) is 0.837. The fourth-order valence-electron chi connectivity index (χ4n) is 2.04. The number of hydrogen-bond donors (Lipinski definition) is 1. The van der Waals surface area contributed by atoms with E-state index >= 15 is 0 Å². The molecule has 1 heterocycles. The van der Waals surface area contributed by atoms with Crippen LogP contribution in [0.4, 0.5) is 0 Å². The molecule has 0 fully saturated rings. The number of halogens is 3. The topological polar surface area (TPSA) is 53.1 Å². The maximum absolute atomic E-state index is 5.95. The first-order valence-corrected chi connectivity index (χ1v) is 8.80. The fourth-order valence-corrected chi connectivity index (χ4v) is 4.00. The summed E-state index contributed by atoms with van der Waals surface area (Å²) in [6.45, 7) is 3.02. The monoisotopic (exact) mass is 479 g/mol. The molecule has 0 saturated heterocycles. The summed E-state index contributed by atoms with van der Waals surface area (Å²) in [5.41, 5.74) is 8.71. The SMILES string of the molecule is Cc1nn(C)c(COc2c(Br)cc(CCN)cc2Br)c1Br. The summed E-state index contributed by atoms with van der Waals surface area (Å²) >= 11 is 10.7. The molecule has 114 valence electrons. The van der Waals surface area contributed by atoms with E-state index in [1.807, 2.05) is 30.8 Å². The Bertz CT molecular complexity index is 632. The number of nitrogens with two attached hydrogens (primary N) is 1. The molecule has 2 aromatic rings. The standard InChI is InChI=1S/C14H16Br3N3O/c1-8-13(17)12(20(2)19-8)7-21-14-10(15)5-9(3-4-18)6-11(14)16/h5-6H,3-4,7,18H2,1-2H3. The number of ether oxygens (including phenoxy) is 1. The summed E-state index contributed by atoms with van der Waals surface area (Å²) in [6, 6.07) is 4.08. The van der Waals surface area contributed by atoms with Gasteiger partial charge in [0.2, 0.25) is 0 Å². The van der Waals surface area contributed by atoms with E-state index in [9.17, 15) is 0 Å². The zero-order valence-electron chi connectivity index (χ0n) is 11.8. The molecule has 1 aromatic heterocycles. The van der Waals surface area contributed by atoms with Crippen molar-refractivity contribution in [2.24, 2.45) is 12.8 Å². The van der Waals surface area contributed by atoms with Gasteiger partial charge in [0.25, 0.3) is 0 Å². The fraction of sp³-hybridized carbons (Fsp3) is 0.357. The van der Waals surface area contributed by atoms with Gasteiger partial charge in [-0.15, -0.1) is 0 Å². The Morgan fingerprint density at radius 3 is 2.33 bits per heavy atom. The lowest BCUT2D eigenvalue weighted by molar-refractivity contribution is 0.290. The molecule has 0 atom stereocenters. The quantitative estimate of drug-likeness (QED) is 0.699. The van der Waals surface area contributed by atoms with Crippen molar-refractivity contribution in [3.05, 3.63) is 42.5 Å². The molecule has 2 rings (SSSR count). The Hall–Kier alpha value is -0.370. The first kappa shape index (κ1) is 17.0. The highest BCUT2D eigenvalue weighted by Gasteiger charge is 2.14. The summed E-state index contributed by atoms with van der Waals surface area (Å²) in [4.78, 5) is 0. The van der Waals surface area contributed by atoms with Gasteiger partial charge >= 0.3 is 0 Å². The number of rotatable bonds is 5. The van der Waals surface area contributed by atoms with Gasteiger partial charge in [0.1, 0.15) is 12.4 Å². The highest BCUT2D eigenvalue weighted by Crippen LogP contribution is 2.36. The summed E-state index contributed by atoms with van der Waals surface area (Å²) < 4.78 is 10.6. The van der Waals surface area contributed by atoms with Gasteiger partial charge in [-0.1, -0.05) is 0 Å². The van der Waals surface area contributed by atoms with E-state index in [-0.39, 0.29) is 0 Å². The average molecular weight is 482 g/mol. The Morgan fingerprint density at radius 2 is 1.86 bits per heavy atom. The van der Waals surface area contributed by atoms with Gasteiger partial charge in [-0.25, -0.2) is 0 Å². The molecule has 2 N–H and O–H groups in total. The van der Waals surface area contributed by atoms with Crippen molar-refractivity contribution in [3.63, 3.8) is 0 Å². The molecule has 0 aliphatic carbocycles.